The van der Waals surface area contributed by atoms with E-state index in [1.807, 2.05) is 18.7 Å². The third kappa shape index (κ3) is 6.65. The van der Waals surface area contributed by atoms with Crippen molar-refractivity contribution in [3.05, 3.63) is 81.9 Å². The molecule has 3 rings (SSSR count). The van der Waals surface area contributed by atoms with Crippen LogP contribution in [0.5, 0.6) is 0 Å². The highest BCUT2D eigenvalue weighted by atomic mass is 32.2. The molecule has 1 heterocycles. The van der Waals surface area contributed by atoms with Gasteiger partial charge in [0.2, 0.25) is 10.0 Å². The number of Topliss-reactive ketones (excluding diaryl/α,β-unsaturated/α-hetero) is 1. The summed E-state index contributed by atoms with van der Waals surface area (Å²) < 4.78 is 81.5. The highest BCUT2D eigenvalue weighted by Crippen LogP contribution is 2.25. The number of benzene rings is 2. The number of carbonyl (C=O) groups is 1. The normalized spacial score (nSPS) is 17.6. The number of piperidine rings is 1. The third-order valence-corrected chi connectivity index (χ3v) is 7.54. The van der Waals surface area contributed by atoms with Crippen LogP contribution >= 0.6 is 0 Å². The Morgan fingerprint density at radius 2 is 1.29 bits per heavy atom. The third-order valence-electron chi connectivity index (χ3n) is 5.80. The van der Waals surface area contributed by atoms with Crippen LogP contribution in [0.15, 0.2) is 47.5 Å². The van der Waals surface area contributed by atoms with Crippen LogP contribution in [-0.2, 0) is 14.8 Å². The minimum atomic E-state index is -3.81. The molecule has 0 radical (unpaired) electrons. The van der Waals surface area contributed by atoms with E-state index in [2.05, 4.69) is 0 Å². The molecule has 0 amide bonds. The van der Waals surface area contributed by atoms with Gasteiger partial charge in [-0.2, -0.15) is 4.31 Å². The number of hydrogen-bond acceptors (Lipinski definition) is 4. The monoisotopic (exact) mass is 510 g/mol. The van der Waals surface area contributed by atoms with E-state index in [1.165, 1.54) is 24.3 Å². The van der Waals surface area contributed by atoms with Gasteiger partial charge in [0.1, 0.15) is 0 Å². The van der Waals surface area contributed by atoms with Crippen LogP contribution in [0.4, 0.5) is 17.6 Å². The summed E-state index contributed by atoms with van der Waals surface area (Å²) in [5, 5.41) is 0. The van der Waals surface area contributed by atoms with Crippen LogP contribution in [0.3, 0.4) is 0 Å². The summed E-state index contributed by atoms with van der Waals surface area (Å²) in [7, 11) is -3.81. The Hall–Kier alpha value is -2.82. The van der Waals surface area contributed by atoms with Gasteiger partial charge in [0, 0.05) is 30.8 Å². The maximum absolute atomic E-state index is 13.7. The first-order valence-electron chi connectivity index (χ1n) is 11.1. The van der Waals surface area contributed by atoms with E-state index >= 15 is 0 Å². The number of nitrogens with zero attached hydrogens (tertiary/aromatic N) is 2. The molecule has 188 valence electrons. The molecule has 35 heavy (non-hydrogen) atoms. The maximum atomic E-state index is 13.7. The molecule has 1 fully saturated rings. The van der Waals surface area contributed by atoms with E-state index < -0.39 is 39.1 Å². The number of rotatable bonds is 8. The lowest BCUT2D eigenvalue weighted by Gasteiger charge is -2.30. The van der Waals surface area contributed by atoms with Gasteiger partial charge in [-0.25, -0.2) is 26.0 Å². The molecular formula is C25H26F4N2O3S. The fourth-order valence-electron chi connectivity index (χ4n) is 3.72. The molecule has 0 N–H and O–H groups in total. The Balaban J connectivity index is 2.00. The van der Waals surface area contributed by atoms with Crippen molar-refractivity contribution >= 4 is 28.0 Å². The van der Waals surface area contributed by atoms with Crippen molar-refractivity contribution < 1.29 is 30.8 Å². The molecule has 2 aromatic rings. The molecule has 5 nitrogen and oxygen atoms in total. The van der Waals surface area contributed by atoms with Crippen LogP contribution in [0.1, 0.15) is 25.0 Å². The smallest absolute Gasteiger partial charge is 0.215 e. The van der Waals surface area contributed by atoms with E-state index in [9.17, 15) is 30.8 Å². The average Bonchev–Trinajstić information content (AvgIpc) is 2.81. The minimum absolute atomic E-state index is 0.0440. The molecule has 0 saturated carbocycles. The highest BCUT2D eigenvalue weighted by molar-refractivity contribution is 7.89. The van der Waals surface area contributed by atoms with Gasteiger partial charge in [-0.1, -0.05) is 26.0 Å². The lowest BCUT2D eigenvalue weighted by molar-refractivity contribution is -0.113. The number of hydrogen-bond donors (Lipinski definition) is 0. The Kier molecular flexibility index (Phi) is 8.63. The van der Waals surface area contributed by atoms with Gasteiger partial charge in [-0.05, 0) is 60.6 Å². The molecule has 0 aromatic heterocycles. The zero-order valence-corrected chi connectivity index (χ0v) is 20.2. The van der Waals surface area contributed by atoms with E-state index in [0.29, 0.717) is 19.6 Å². The van der Waals surface area contributed by atoms with E-state index in [0.717, 1.165) is 28.6 Å². The summed E-state index contributed by atoms with van der Waals surface area (Å²) in [5.74, 6) is -5.02. The number of sulfonamides is 1. The van der Waals surface area contributed by atoms with Crippen LogP contribution in [0.2, 0.25) is 0 Å². The fraction of sp³-hybridized carbons (Fsp3) is 0.320. The van der Waals surface area contributed by atoms with E-state index in [4.69, 9.17) is 0 Å². The second-order valence-electron chi connectivity index (χ2n) is 8.13. The maximum Gasteiger partial charge on any atom is 0.215 e. The number of halogens is 4. The minimum Gasteiger partial charge on any atom is -0.303 e. The molecule has 2 aromatic carbocycles. The van der Waals surface area contributed by atoms with Crippen molar-refractivity contribution in [1.82, 2.24) is 9.21 Å². The number of ketones is 1. The van der Waals surface area contributed by atoms with E-state index in [1.54, 1.807) is 0 Å². The van der Waals surface area contributed by atoms with E-state index in [-0.39, 0.29) is 41.1 Å². The second kappa shape index (κ2) is 11.3. The predicted molar refractivity (Wildman–Crippen MR) is 127 cm³/mol. The highest BCUT2D eigenvalue weighted by Gasteiger charge is 2.33. The van der Waals surface area contributed by atoms with Crippen LogP contribution < -0.4 is 0 Å². The standard InChI is InChI=1S/C25H26F4N2O3S/c1-3-30(4-2)9-10-35(33,34)31-15-19(11-17-5-7-21(26)23(28)13-17)25(32)20(16-31)12-18-6-8-22(27)24(29)14-18/h5-8,11-14H,3-4,9-10,15-16H2,1-2H3/b19-11-,20-12+. The molecular weight excluding hydrogens is 484 g/mol. The van der Waals surface area contributed by atoms with Crippen molar-refractivity contribution in [2.45, 2.75) is 13.8 Å². The van der Waals surface area contributed by atoms with Gasteiger partial charge in [0.25, 0.3) is 0 Å². The molecule has 10 heteroatoms. The van der Waals surface area contributed by atoms with Crippen molar-refractivity contribution in [2.24, 2.45) is 0 Å². The molecule has 0 spiro atoms. The molecule has 0 aliphatic carbocycles. The van der Waals surface area contributed by atoms with Gasteiger partial charge in [-0.3, -0.25) is 4.79 Å². The Labute approximate surface area is 202 Å². The van der Waals surface area contributed by atoms with Crippen molar-refractivity contribution in [2.75, 3.05) is 38.5 Å². The average molecular weight is 511 g/mol. The lowest BCUT2D eigenvalue weighted by atomic mass is 9.95. The Morgan fingerprint density at radius 3 is 1.69 bits per heavy atom. The molecule has 1 saturated heterocycles. The first-order chi connectivity index (χ1) is 16.5. The first kappa shape index (κ1) is 26.8. The van der Waals surface area contributed by atoms with Crippen LogP contribution in [0, 0.1) is 23.3 Å². The van der Waals surface area contributed by atoms with Gasteiger partial charge in [0.15, 0.2) is 29.1 Å². The summed E-state index contributed by atoms with van der Waals surface area (Å²) in [4.78, 5) is 15.1. The van der Waals surface area contributed by atoms with Crippen molar-refractivity contribution in [3.8, 4) is 0 Å². The van der Waals surface area contributed by atoms with Crippen LogP contribution in [-0.4, -0.2) is 61.9 Å². The quantitative estimate of drug-likeness (QED) is 0.393. The molecule has 0 atom stereocenters. The number of carbonyl (C=O) groups excluding carboxylic acids is 1. The van der Waals surface area contributed by atoms with Crippen molar-refractivity contribution in [3.63, 3.8) is 0 Å². The summed E-state index contributed by atoms with van der Waals surface area (Å²) in [5.41, 5.74) is 0.452. The zero-order valence-electron chi connectivity index (χ0n) is 19.4. The lowest BCUT2D eigenvalue weighted by Crippen LogP contribution is -2.44. The molecule has 1 aliphatic rings. The largest absolute Gasteiger partial charge is 0.303 e. The summed E-state index contributed by atoms with van der Waals surface area (Å²) in [6.45, 7) is 4.97. The van der Waals surface area contributed by atoms with Crippen molar-refractivity contribution in [1.29, 1.82) is 0 Å². The van der Waals surface area contributed by atoms with Gasteiger partial charge in [-0.15, -0.1) is 0 Å². The molecule has 0 unspecified atom stereocenters. The Morgan fingerprint density at radius 1 is 0.829 bits per heavy atom. The van der Waals surface area contributed by atoms with Gasteiger partial charge in [0.05, 0.1) is 5.75 Å². The predicted octanol–water partition coefficient (Wildman–Crippen LogP) is 4.27. The second-order valence-corrected chi connectivity index (χ2v) is 10.2. The van der Waals surface area contributed by atoms with Gasteiger partial charge < -0.3 is 4.90 Å². The van der Waals surface area contributed by atoms with Gasteiger partial charge >= 0.3 is 0 Å². The first-order valence-corrected chi connectivity index (χ1v) is 12.7. The fourth-order valence-corrected chi connectivity index (χ4v) is 5.14. The summed E-state index contributed by atoms with van der Waals surface area (Å²) in [6.07, 6.45) is 2.60. The Bertz CT molecular complexity index is 1200. The molecule has 0 bridgehead atoms. The zero-order chi connectivity index (χ0) is 25.8. The molecule has 1 aliphatic heterocycles. The summed E-state index contributed by atoms with van der Waals surface area (Å²) >= 11 is 0. The SMILES string of the molecule is CCN(CC)CCS(=O)(=O)N1C/C(=C/c2ccc(F)c(F)c2)C(=O)/C(=C/c2ccc(F)c(F)c2)C1. The topological polar surface area (TPSA) is 57.7 Å². The summed E-state index contributed by atoms with van der Waals surface area (Å²) in [6, 6.07) is 6.16. The van der Waals surface area contributed by atoms with Crippen LogP contribution in [0.25, 0.3) is 12.2 Å².